The largest absolute Gasteiger partial charge is 0.355 e. The second-order valence-corrected chi connectivity index (χ2v) is 10.8. The molecular formula is C25H27Cl2N3O4S. The standard InChI is InChI=1S/C25H27Cl2N3O4S/c1-4-28-25(32)17(2)29(15-19-12-13-20(26)14-22(19)27)24(31)16-30(35(3,33)34)23-11-7-9-18-8-5-6-10-21(18)23/h5-14,17H,4,15-16H2,1-3H3,(H,28,32). The predicted molar refractivity (Wildman–Crippen MR) is 141 cm³/mol. The van der Waals surface area contributed by atoms with E-state index in [0.717, 1.165) is 15.9 Å². The first-order chi connectivity index (χ1) is 16.5. The van der Waals surface area contributed by atoms with Crippen molar-refractivity contribution in [3.8, 4) is 0 Å². The summed E-state index contributed by atoms with van der Waals surface area (Å²) in [5.74, 6) is -0.907. The summed E-state index contributed by atoms with van der Waals surface area (Å²) >= 11 is 12.3. The molecule has 7 nitrogen and oxygen atoms in total. The summed E-state index contributed by atoms with van der Waals surface area (Å²) in [6.45, 7) is 3.27. The number of fused-ring (bicyclic) bond motifs is 1. The number of anilines is 1. The van der Waals surface area contributed by atoms with Gasteiger partial charge in [0.05, 0.1) is 11.9 Å². The zero-order valence-electron chi connectivity index (χ0n) is 19.7. The van der Waals surface area contributed by atoms with Crippen LogP contribution < -0.4 is 9.62 Å². The number of rotatable bonds is 9. The van der Waals surface area contributed by atoms with Gasteiger partial charge in [0.1, 0.15) is 12.6 Å². The number of nitrogens with zero attached hydrogens (tertiary/aromatic N) is 2. The van der Waals surface area contributed by atoms with Gasteiger partial charge >= 0.3 is 0 Å². The number of benzene rings is 3. The van der Waals surface area contributed by atoms with Crippen molar-refractivity contribution in [1.82, 2.24) is 10.2 Å². The Bertz CT molecular complexity index is 1340. The van der Waals surface area contributed by atoms with Gasteiger partial charge in [0.15, 0.2) is 0 Å². The lowest BCUT2D eigenvalue weighted by Crippen LogP contribution is -2.51. The molecule has 0 saturated carbocycles. The number of halogens is 2. The van der Waals surface area contributed by atoms with Gasteiger partial charge in [0, 0.05) is 28.5 Å². The van der Waals surface area contributed by atoms with E-state index < -0.39 is 28.5 Å². The van der Waals surface area contributed by atoms with Crippen molar-refractivity contribution >= 4 is 61.5 Å². The first-order valence-electron chi connectivity index (χ1n) is 11.0. The topological polar surface area (TPSA) is 86.8 Å². The maximum Gasteiger partial charge on any atom is 0.244 e. The molecule has 0 radical (unpaired) electrons. The summed E-state index contributed by atoms with van der Waals surface area (Å²) in [5, 5.41) is 5.02. The number of nitrogens with one attached hydrogen (secondary N) is 1. The Balaban J connectivity index is 2.01. The molecule has 0 spiro atoms. The van der Waals surface area contributed by atoms with Gasteiger partial charge in [-0.15, -0.1) is 0 Å². The summed E-state index contributed by atoms with van der Waals surface area (Å²) in [5.41, 5.74) is 0.964. The molecule has 0 aliphatic heterocycles. The van der Waals surface area contributed by atoms with Crippen LogP contribution in [-0.2, 0) is 26.2 Å². The van der Waals surface area contributed by atoms with E-state index in [-0.39, 0.29) is 12.5 Å². The lowest BCUT2D eigenvalue weighted by atomic mass is 10.1. The molecule has 0 fully saturated rings. The summed E-state index contributed by atoms with van der Waals surface area (Å²) in [4.78, 5) is 27.6. The molecule has 10 heteroatoms. The van der Waals surface area contributed by atoms with Crippen LogP contribution in [0.2, 0.25) is 10.0 Å². The number of likely N-dealkylation sites (N-methyl/N-ethyl adjacent to an activating group) is 1. The molecule has 0 aliphatic rings. The molecule has 186 valence electrons. The highest BCUT2D eigenvalue weighted by molar-refractivity contribution is 7.92. The van der Waals surface area contributed by atoms with Crippen molar-refractivity contribution < 1.29 is 18.0 Å². The average molecular weight is 536 g/mol. The van der Waals surface area contributed by atoms with E-state index in [4.69, 9.17) is 23.2 Å². The Morgan fingerprint density at radius 1 is 1.03 bits per heavy atom. The lowest BCUT2D eigenvalue weighted by molar-refractivity contribution is -0.139. The van der Waals surface area contributed by atoms with Gasteiger partial charge in [-0.05, 0) is 43.0 Å². The number of carbonyl (C=O) groups excluding carboxylic acids is 2. The summed E-state index contributed by atoms with van der Waals surface area (Å²) in [6, 6.07) is 16.6. The van der Waals surface area contributed by atoms with Crippen molar-refractivity contribution in [2.75, 3.05) is 23.7 Å². The van der Waals surface area contributed by atoms with E-state index in [0.29, 0.717) is 33.2 Å². The average Bonchev–Trinajstić information content (AvgIpc) is 2.80. The Morgan fingerprint density at radius 3 is 2.37 bits per heavy atom. The van der Waals surface area contributed by atoms with Crippen molar-refractivity contribution in [3.63, 3.8) is 0 Å². The van der Waals surface area contributed by atoms with Crippen molar-refractivity contribution in [3.05, 3.63) is 76.3 Å². The van der Waals surface area contributed by atoms with Crippen LogP contribution in [0.4, 0.5) is 5.69 Å². The molecule has 1 atom stereocenters. The van der Waals surface area contributed by atoms with Crippen LogP contribution in [0.25, 0.3) is 10.8 Å². The van der Waals surface area contributed by atoms with Gasteiger partial charge in [-0.3, -0.25) is 13.9 Å². The third kappa shape index (κ3) is 6.45. The van der Waals surface area contributed by atoms with E-state index in [1.807, 2.05) is 18.2 Å². The second-order valence-electron chi connectivity index (χ2n) is 8.10. The number of hydrogen-bond acceptors (Lipinski definition) is 4. The fourth-order valence-electron chi connectivity index (χ4n) is 3.76. The molecule has 3 aromatic carbocycles. The van der Waals surface area contributed by atoms with Crippen LogP contribution in [0.15, 0.2) is 60.7 Å². The van der Waals surface area contributed by atoms with Crippen LogP contribution in [0.5, 0.6) is 0 Å². The van der Waals surface area contributed by atoms with Gasteiger partial charge in [-0.25, -0.2) is 8.42 Å². The van der Waals surface area contributed by atoms with Crippen LogP contribution in [0.1, 0.15) is 19.4 Å². The molecule has 3 rings (SSSR count). The van der Waals surface area contributed by atoms with Gasteiger partial charge in [0.25, 0.3) is 0 Å². The van der Waals surface area contributed by atoms with Crippen molar-refractivity contribution in [2.45, 2.75) is 26.4 Å². The van der Waals surface area contributed by atoms with E-state index >= 15 is 0 Å². The quantitative estimate of drug-likeness (QED) is 0.438. The first kappa shape index (κ1) is 26.8. The van der Waals surface area contributed by atoms with Crippen LogP contribution in [-0.4, -0.2) is 50.5 Å². The third-order valence-electron chi connectivity index (χ3n) is 5.59. The van der Waals surface area contributed by atoms with Crippen molar-refractivity contribution in [2.24, 2.45) is 0 Å². The van der Waals surface area contributed by atoms with E-state index in [2.05, 4.69) is 5.32 Å². The summed E-state index contributed by atoms with van der Waals surface area (Å²) in [6.07, 6.45) is 1.05. The Morgan fingerprint density at radius 2 is 1.71 bits per heavy atom. The fourth-order valence-corrected chi connectivity index (χ4v) is 5.09. The normalized spacial score (nSPS) is 12.3. The molecule has 1 unspecified atom stereocenters. The Kier molecular flexibility index (Phi) is 8.64. The number of carbonyl (C=O) groups is 2. The van der Waals surface area contributed by atoms with E-state index in [1.54, 1.807) is 56.3 Å². The zero-order valence-corrected chi connectivity index (χ0v) is 22.0. The molecule has 35 heavy (non-hydrogen) atoms. The van der Waals surface area contributed by atoms with E-state index in [1.165, 1.54) is 4.90 Å². The highest BCUT2D eigenvalue weighted by Crippen LogP contribution is 2.29. The van der Waals surface area contributed by atoms with Crippen molar-refractivity contribution in [1.29, 1.82) is 0 Å². The molecule has 1 N–H and O–H groups in total. The fraction of sp³-hybridized carbons (Fsp3) is 0.280. The lowest BCUT2D eigenvalue weighted by Gasteiger charge is -2.32. The molecule has 0 heterocycles. The zero-order chi connectivity index (χ0) is 25.8. The van der Waals surface area contributed by atoms with Crippen LogP contribution >= 0.6 is 23.2 Å². The smallest absolute Gasteiger partial charge is 0.244 e. The van der Waals surface area contributed by atoms with Gasteiger partial charge in [-0.2, -0.15) is 0 Å². The minimum Gasteiger partial charge on any atom is -0.355 e. The third-order valence-corrected chi connectivity index (χ3v) is 7.30. The van der Waals surface area contributed by atoms with Crippen LogP contribution in [0, 0.1) is 0 Å². The predicted octanol–water partition coefficient (Wildman–Crippen LogP) is 4.47. The van der Waals surface area contributed by atoms with E-state index in [9.17, 15) is 18.0 Å². The highest BCUT2D eigenvalue weighted by Gasteiger charge is 2.30. The minimum absolute atomic E-state index is 0.000274. The first-order valence-corrected chi connectivity index (χ1v) is 13.6. The maximum absolute atomic E-state index is 13.6. The minimum atomic E-state index is -3.84. The van der Waals surface area contributed by atoms with Crippen LogP contribution in [0.3, 0.4) is 0 Å². The molecule has 0 bridgehead atoms. The number of hydrogen-bond donors (Lipinski definition) is 1. The maximum atomic E-state index is 13.6. The highest BCUT2D eigenvalue weighted by atomic mass is 35.5. The Hall–Kier alpha value is -2.81. The number of amides is 2. The SMILES string of the molecule is CCNC(=O)C(C)N(Cc1ccc(Cl)cc1Cl)C(=O)CN(c1cccc2ccccc12)S(C)(=O)=O. The molecule has 0 saturated heterocycles. The molecule has 2 amide bonds. The van der Waals surface area contributed by atoms with Gasteiger partial charge in [-0.1, -0.05) is 65.7 Å². The Labute approximate surface area is 215 Å². The molecule has 0 aromatic heterocycles. The van der Waals surface area contributed by atoms with Gasteiger partial charge < -0.3 is 10.2 Å². The summed E-state index contributed by atoms with van der Waals surface area (Å²) < 4.78 is 26.7. The summed E-state index contributed by atoms with van der Waals surface area (Å²) in [7, 11) is -3.84. The molecule has 0 aliphatic carbocycles. The molecule has 3 aromatic rings. The molecular weight excluding hydrogens is 509 g/mol. The van der Waals surface area contributed by atoms with Gasteiger partial charge in [0.2, 0.25) is 21.8 Å². The second kappa shape index (κ2) is 11.3. The monoisotopic (exact) mass is 535 g/mol. The number of sulfonamides is 1.